The summed E-state index contributed by atoms with van der Waals surface area (Å²) in [5, 5.41) is 1.12. The van der Waals surface area contributed by atoms with E-state index >= 15 is 0 Å². The van der Waals surface area contributed by atoms with Crippen LogP contribution in [0.25, 0.3) is 0 Å². The van der Waals surface area contributed by atoms with Crippen molar-refractivity contribution < 1.29 is 4.79 Å². The molecule has 1 aromatic carbocycles. The van der Waals surface area contributed by atoms with Crippen LogP contribution in [0.1, 0.15) is 0 Å². The maximum atomic E-state index is 11.5. The first-order valence-corrected chi connectivity index (χ1v) is 6.95. The molecule has 98 valence electrons. The maximum absolute atomic E-state index is 11.5. The second-order valence-corrected chi connectivity index (χ2v) is 5.13. The van der Waals surface area contributed by atoms with Crippen LogP contribution in [0.5, 0.6) is 0 Å². The zero-order valence-corrected chi connectivity index (χ0v) is 12.0. The van der Waals surface area contributed by atoms with Gasteiger partial charge in [0.05, 0.1) is 15.7 Å². The average molecular weight is 308 g/mol. The maximum Gasteiger partial charge on any atom is 0.237 e. The number of anilines is 1. The minimum absolute atomic E-state index is 0.0199. The zero-order valence-electron chi connectivity index (χ0n) is 9.70. The van der Waals surface area contributed by atoms with Crippen molar-refractivity contribution in [2.24, 2.45) is 0 Å². The van der Waals surface area contributed by atoms with Crippen LogP contribution in [-0.4, -0.2) is 42.9 Å². The van der Waals surface area contributed by atoms with E-state index in [1.165, 1.54) is 0 Å². The van der Waals surface area contributed by atoms with Gasteiger partial charge in [-0.15, -0.1) is 11.6 Å². The molecule has 0 aliphatic carbocycles. The predicted molar refractivity (Wildman–Crippen MR) is 76.0 cm³/mol. The van der Waals surface area contributed by atoms with Gasteiger partial charge in [-0.2, -0.15) is 0 Å². The summed E-state index contributed by atoms with van der Waals surface area (Å²) in [6, 6.07) is 5.58. The van der Waals surface area contributed by atoms with Crippen molar-refractivity contribution in [1.82, 2.24) is 4.90 Å². The minimum Gasteiger partial charge on any atom is -0.367 e. The highest BCUT2D eigenvalue weighted by molar-refractivity contribution is 6.43. The molecule has 1 fully saturated rings. The molecule has 0 aromatic heterocycles. The number of hydrogen-bond acceptors (Lipinski definition) is 2. The van der Waals surface area contributed by atoms with E-state index in [1.54, 1.807) is 11.0 Å². The molecule has 1 aliphatic heterocycles. The van der Waals surface area contributed by atoms with Gasteiger partial charge in [0.1, 0.15) is 5.88 Å². The van der Waals surface area contributed by atoms with Gasteiger partial charge >= 0.3 is 0 Å². The van der Waals surface area contributed by atoms with E-state index < -0.39 is 0 Å². The quantitative estimate of drug-likeness (QED) is 0.784. The van der Waals surface area contributed by atoms with Crippen LogP contribution in [0.15, 0.2) is 18.2 Å². The Balaban J connectivity index is 2.06. The molecule has 3 nitrogen and oxygen atoms in total. The molecule has 0 unspecified atom stereocenters. The van der Waals surface area contributed by atoms with Crippen LogP contribution in [0.4, 0.5) is 5.69 Å². The van der Waals surface area contributed by atoms with Gasteiger partial charge in [0, 0.05) is 26.2 Å². The number of benzene rings is 1. The average Bonchev–Trinajstić information content (AvgIpc) is 2.41. The SMILES string of the molecule is O=C(CCl)N1CCN(c2cccc(Cl)c2Cl)CC1. The third-order valence-corrected chi connectivity index (χ3v) is 4.06. The predicted octanol–water partition coefficient (Wildman–Crippen LogP) is 2.88. The normalized spacial score (nSPS) is 15.9. The lowest BCUT2D eigenvalue weighted by Crippen LogP contribution is -2.49. The van der Waals surface area contributed by atoms with E-state index in [1.807, 2.05) is 12.1 Å². The van der Waals surface area contributed by atoms with Gasteiger partial charge in [0.2, 0.25) is 5.91 Å². The summed E-state index contributed by atoms with van der Waals surface area (Å²) in [4.78, 5) is 15.4. The van der Waals surface area contributed by atoms with Crippen LogP contribution in [0.2, 0.25) is 10.0 Å². The van der Waals surface area contributed by atoms with Gasteiger partial charge in [-0.05, 0) is 12.1 Å². The Morgan fingerprint density at radius 1 is 1.17 bits per heavy atom. The number of amides is 1. The van der Waals surface area contributed by atoms with Crippen LogP contribution in [0, 0.1) is 0 Å². The monoisotopic (exact) mass is 306 g/mol. The number of halogens is 3. The smallest absolute Gasteiger partial charge is 0.237 e. The topological polar surface area (TPSA) is 23.6 Å². The molecule has 0 atom stereocenters. The summed E-state index contributed by atoms with van der Waals surface area (Å²) in [6.07, 6.45) is 0. The Kier molecular flexibility index (Phi) is 4.60. The van der Waals surface area contributed by atoms with Gasteiger partial charge in [0.25, 0.3) is 0 Å². The van der Waals surface area contributed by atoms with E-state index in [-0.39, 0.29) is 11.8 Å². The molecule has 0 radical (unpaired) electrons. The number of carbonyl (C=O) groups excluding carboxylic acids is 1. The molecular weight excluding hydrogens is 295 g/mol. The molecule has 1 saturated heterocycles. The fourth-order valence-electron chi connectivity index (χ4n) is 2.02. The van der Waals surface area contributed by atoms with Crippen molar-refractivity contribution in [2.75, 3.05) is 37.0 Å². The highest BCUT2D eigenvalue weighted by Gasteiger charge is 2.22. The highest BCUT2D eigenvalue weighted by Crippen LogP contribution is 2.32. The second-order valence-electron chi connectivity index (χ2n) is 4.07. The zero-order chi connectivity index (χ0) is 13.1. The van der Waals surface area contributed by atoms with Gasteiger partial charge in [0.15, 0.2) is 0 Å². The molecule has 1 aromatic rings. The molecule has 2 rings (SSSR count). The Bertz CT molecular complexity index is 445. The largest absolute Gasteiger partial charge is 0.367 e. The van der Waals surface area contributed by atoms with Crippen molar-refractivity contribution in [3.63, 3.8) is 0 Å². The number of hydrogen-bond donors (Lipinski definition) is 0. The molecule has 1 amide bonds. The summed E-state index contributed by atoms with van der Waals surface area (Å²) in [5.41, 5.74) is 0.919. The van der Waals surface area contributed by atoms with Crippen molar-refractivity contribution in [1.29, 1.82) is 0 Å². The molecule has 1 aliphatic rings. The van der Waals surface area contributed by atoms with Gasteiger partial charge in [-0.1, -0.05) is 29.3 Å². The lowest BCUT2D eigenvalue weighted by Gasteiger charge is -2.36. The molecule has 0 N–H and O–H groups in total. The number of carbonyl (C=O) groups is 1. The Hall–Kier alpha value is -0.640. The van der Waals surface area contributed by atoms with Gasteiger partial charge in [-0.25, -0.2) is 0 Å². The van der Waals surface area contributed by atoms with Gasteiger partial charge in [-0.3, -0.25) is 4.79 Å². The van der Waals surface area contributed by atoms with Crippen molar-refractivity contribution >= 4 is 46.4 Å². The van der Waals surface area contributed by atoms with E-state index in [0.29, 0.717) is 23.1 Å². The lowest BCUT2D eigenvalue weighted by molar-refractivity contribution is -0.128. The van der Waals surface area contributed by atoms with Crippen molar-refractivity contribution in [3.05, 3.63) is 28.2 Å². The first-order valence-electron chi connectivity index (χ1n) is 5.66. The number of piperazine rings is 1. The second kappa shape index (κ2) is 6.00. The summed E-state index contributed by atoms with van der Waals surface area (Å²) in [6.45, 7) is 2.80. The van der Waals surface area contributed by atoms with Crippen LogP contribution >= 0.6 is 34.8 Å². The Morgan fingerprint density at radius 2 is 1.83 bits per heavy atom. The molecule has 0 bridgehead atoms. The summed E-state index contributed by atoms with van der Waals surface area (Å²) < 4.78 is 0. The summed E-state index contributed by atoms with van der Waals surface area (Å²) in [5.74, 6) is 0.0197. The van der Waals surface area contributed by atoms with Crippen molar-refractivity contribution in [2.45, 2.75) is 0 Å². The number of nitrogens with zero attached hydrogens (tertiary/aromatic N) is 2. The van der Waals surface area contributed by atoms with Crippen LogP contribution in [0.3, 0.4) is 0 Å². The molecule has 6 heteroatoms. The fraction of sp³-hybridized carbons (Fsp3) is 0.417. The summed E-state index contributed by atoms with van der Waals surface area (Å²) in [7, 11) is 0. The van der Waals surface area contributed by atoms with Crippen LogP contribution < -0.4 is 4.90 Å². The molecule has 0 saturated carbocycles. The first kappa shape index (κ1) is 13.8. The molecular formula is C12H13Cl3N2O. The third kappa shape index (κ3) is 2.85. The third-order valence-electron chi connectivity index (χ3n) is 3.02. The Labute approximate surface area is 121 Å². The van der Waals surface area contributed by atoms with Crippen molar-refractivity contribution in [3.8, 4) is 0 Å². The number of rotatable bonds is 2. The minimum atomic E-state index is -0.0199. The fourth-order valence-corrected chi connectivity index (χ4v) is 2.60. The van der Waals surface area contributed by atoms with Gasteiger partial charge < -0.3 is 9.80 Å². The highest BCUT2D eigenvalue weighted by atomic mass is 35.5. The lowest BCUT2D eigenvalue weighted by atomic mass is 10.2. The first-order chi connectivity index (χ1) is 8.63. The molecule has 18 heavy (non-hydrogen) atoms. The van der Waals surface area contributed by atoms with E-state index in [9.17, 15) is 4.79 Å². The Morgan fingerprint density at radius 3 is 2.44 bits per heavy atom. The van der Waals surface area contributed by atoms with E-state index in [0.717, 1.165) is 18.8 Å². The number of alkyl halides is 1. The van der Waals surface area contributed by atoms with Crippen LogP contribution in [-0.2, 0) is 4.79 Å². The van der Waals surface area contributed by atoms with E-state index in [4.69, 9.17) is 34.8 Å². The summed E-state index contributed by atoms with van der Waals surface area (Å²) >= 11 is 17.7. The molecule has 1 heterocycles. The van der Waals surface area contributed by atoms with E-state index in [2.05, 4.69) is 4.90 Å². The standard InChI is InChI=1S/C12H13Cl3N2O/c13-8-11(18)17-6-4-16(5-7-17)10-3-1-2-9(14)12(10)15/h1-3H,4-8H2. The molecule has 0 spiro atoms.